The van der Waals surface area contributed by atoms with Crippen LogP contribution in [0.2, 0.25) is 0 Å². The molecular weight excluding hydrogens is 252 g/mol. The number of aryl methyl sites for hydroxylation is 1. The Labute approximate surface area is 106 Å². The molecule has 0 spiro atoms. The molecule has 3 aromatic rings. The van der Waals surface area contributed by atoms with Gasteiger partial charge < -0.3 is 4.98 Å². The zero-order valence-electron chi connectivity index (χ0n) is 9.32. The summed E-state index contributed by atoms with van der Waals surface area (Å²) in [7, 11) is 0. The van der Waals surface area contributed by atoms with Crippen molar-refractivity contribution in [3.63, 3.8) is 0 Å². The second-order valence-electron chi connectivity index (χ2n) is 3.46. The average molecular weight is 262 g/mol. The van der Waals surface area contributed by atoms with E-state index in [2.05, 4.69) is 35.7 Å². The zero-order valence-corrected chi connectivity index (χ0v) is 10.1. The van der Waals surface area contributed by atoms with Gasteiger partial charge in [-0.25, -0.2) is 4.98 Å². The van der Waals surface area contributed by atoms with Gasteiger partial charge in [-0.2, -0.15) is 10.3 Å². The van der Waals surface area contributed by atoms with Crippen LogP contribution in [0.1, 0.15) is 0 Å². The molecule has 0 aliphatic rings. The lowest BCUT2D eigenvalue weighted by Gasteiger charge is -1.97. The molecule has 92 valence electrons. The van der Waals surface area contributed by atoms with Gasteiger partial charge >= 0.3 is 0 Å². The van der Waals surface area contributed by atoms with Gasteiger partial charge in [-0.3, -0.25) is 4.68 Å². The fourth-order valence-corrected chi connectivity index (χ4v) is 2.15. The first-order chi connectivity index (χ1) is 8.92. The standard InChI is InChI=1S/C9H10N8S/c1-2-11-9(10-1)7-6-17(16-13-7)3-4-18-8-5-12-15-14-8/h1-2,5-6H,3-4H2,(H,10,11)(H,12,14,15). The van der Waals surface area contributed by atoms with Gasteiger partial charge in [0.1, 0.15) is 10.7 Å². The Morgan fingerprint density at radius 3 is 3.17 bits per heavy atom. The summed E-state index contributed by atoms with van der Waals surface area (Å²) in [5.41, 5.74) is 0.742. The minimum absolute atomic E-state index is 0.727. The van der Waals surface area contributed by atoms with E-state index in [0.29, 0.717) is 0 Å². The van der Waals surface area contributed by atoms with Gasteiger partial charge in [0.05, 0.1) is 18.9 Å². The van der Waals surface area contributed by atoms with Crippen LogP contribution in [0.5, 0.6) is 0 Å². The number of H-pyrrole nitrogens is 2. The van der Waals surface area contributed by atoms with Gasteiger partial charge in [-0.05, 0) is 0 Å². The van der Waals surface area contributed by atoms with E-state index in [1.54, 1.807) is 35.0 Å². The lowest BCUT2D eigenvalue weighted by Crippen LogP contribution is -2.01. The monoisotopic (exact) mass is 262 g/mol. The summed E-state index contributed by atoms with van der Waals surface area (Å²) >= 11 is 1.61. The van der Waals surface area contributed by atoms with Gasteiger partial charge in [0, 0.05) is 18.1 Å². The predicted octanol–water partition coefficient (Wildman–Crippen LogP) is 0.579. The van der Waals surface area contributed by atoms with E-state index in [0.717, 1.165) is 28.8 Å². The van der Waals surface area contributed by atoms with E-state index in [9.17, 15) is 0 Å². The Morgan fingerprint density at radius 1 is 1.39 bits per heavy atom. The van der Waals surface area contributed by atoms with E-state index in [1.807, 2.05) is 6.20 Å². The van der Waals surface area contributed by atoms with Crippen LogP contribution in [0.15, 0.2) is 29.8 Å². The molecule has 0 saturated carbocycles. The van der Waals surface area contributed by atoms with Crippen molar-refractivity contribution in [2.24, 2.45) is 0 Å². The summed E-state index contributed by atoms with van der Waals surface area (Å²) in [5.74, 6) is 1.58. The second kappa shape index (κ2) is 5.00. The van der Waals surface area contributed by atoms with E-state index in [-0.39, 0.29) is 0 Å². The molecule has 0 saturated heterocycles. The largest absolute Gasteiger partial charge is 0.343 e. The molecule has 3 heterocycles. The van der Waals surface area contributed by atoms with Crippen molar-refractivity contribution in [1.82, 2.24) is 40.4 Å². The molecule has 0 unspecified atom stereocenters. The van der Waals surface area contributed by atoms with E-state index in [1.165, 1.54) is 0 Å². The fraction of sp³-hybridized carbons (Fsp3) is 0.222. The Balaban J connectivity index is 1.57. The van der Waals surface area contributed by atoms with Crippen LogP contribution in [0.25, 0.3) is 11.5 Å². The lowest BCUT2D eigenvalue weighted by atomic mass is 10.4. The van der Waals surface area contributed by atoms with Gasteiger partial charge in [0.2, 0.25) is 0 Å². The maximum absolute atomic E-state index is 4.12. The van der Waals surface area contributed by atoms with Crippen molar-refractivity contribution in [2.75, 3.05) is 5.75 Å². The molecule has 0 atom stereocenters. The molecule has 3 aromatic heterocycles. The molecule has 0 aliphatic carbocycles. The third kappa shape index (κ3) is 2.40. The normalized spacial score (nSPS) is 10.9. The highest BCUT2D eigenvalue weighted by atomic mass is 32.2. The summed E-state index contributed by atoms with van der Waals surface area (Å²) in [6, 6.07) is 0. The number of aromatic nitrogens is 8. The molecule has 9 heteroatoms. The Morgan fingerprint density at radius 2 is 2.39 bits per heavy atom. The number of thioether (sulfide) groups is 1. The van der Waals surface area contributed by atoms with Crippen molar-refractivity contribution in [3.8, 4) is 11.5 Å². The van der Waals surface area contributed by atoms with Gasteiger partial charge in [-0.15, -0.1) is 22.0 Å². The molecule has 0 radical (unpaired) electrons. The molecule has 3 rings (SSSR count). The molecule has 0 fully saturated rings. The van der Waals surface area contributed by atoms with Crippen molar-refractivity contribution >= 4 is 11.8 Å². The summed E-state index contributed by atoms with van der Waals surface area (Å²) in [6.07, 6.45) is 7.01. The Bertz CT molecular complexity index is 584. The van der Waals surface area contributed by atoms with Crippen LogP contribution in [0.4, 0.5) is 0 Å². The van der Waals surface area contributed by atoms with Gasteiger partial charge in [0.25, 0.3) is 0 Å². The summed E-state index contributed by atoms with van der Waals surface area (Å²) in [4.78, 5) is 7.11. The van der Waals surface area contributed by atoms with Crippen LogP contribution in [-0.4, -0.2) is 46.1 Å². The Hall–Kier alpha value is -2.16. The minimum atomic E-state index is 0.727. The number of hydrogen-bond donors (Lipinski definition) is 2. The van der Waals surface area contributed by atoms with Crippen LogP contribution in [0, 0.1) is 0 Å². The van der Waals surface area contributed by atoms with E-state index < -0.39 is 0 Å². The number of nitrogens with zero attached hydrogens (tertiary/aromatic N) is 6. The van der Waals surface area contributed by atoms with E-state index >= 15 is 0 Å². The molecule has 8 nitrogen and oxygen atoms in total. The van der Waals surface area contributed by atoms with Crippen LogP contribution in [-0.2, 0) is 6.54 Å². The number of nitrogens with one attached hydrogen (secondary N) is 2. The van der Waals surface area contributed by atoms with Gasteiger partial charge in [-0.1, -0.05) is 5.21 Å². The number of rotatable bonds is 5. The first kappa shape index (κ1) is 11.0. The predicted molar refractivity (Wildman–Crippen MR) is 64.7 cm³/mol. The third-order valence-corrected chi connectivity index (χ3v) is 3.12. The van der Waals surface area contributed by atoms with E-state index in [4.69, 9.17) is 0 Å². The smallest absolute Gasteiger partial charge is 0.159 e. The number of imidazole rings is 1. The van der Waals surface area contributed by atoms with Crippen molar-refractivity contribution < 1.29 is 0 Å². The highest BCUT2D eigenvalue weighted by Gasteiger charge is 2.05. The SMILES string of the molecule is c1c[nH]c(-c2cn(CCSc3cn[nH]n3)nn2)n1. The van der Waals surface area contributed by atoms with Crippen molar-refractivity contribution in [2.45, 2.75) is 11.6 Å². The quantitative estimate of drug-likeness (QED) is 0.652. The summed E-state index contributed by atoms with van der Waals surface area (Å²) in [5, 5.41) is 19.2. The summed E-state index contributed by atoms with van der Waals surface area (Å²) in [6.45, 7) is 0.755. The fourth-order valence-electron chi connectivity index (χ4n) is 1.43. The second-order valence-corrected chi connectivity index (χ2v) is 4.58. The molecule has 18 heavy (non-hydrogen) atoms. The molecule has 0 aliphatic heterocycles. The van der Waals surface area contributed by atoms with Gasteiger partial charge in [0.15, 0.2) is 5.82 Å². The lowest BCUT2D eigenvalue weighted by molar-refractivity contribution is 0.632. The first-order valence-corrected chi connectivity index (χ1v) is 6.29. The molecule has 2 N–H and O–H groups in total. The Kier molecular flexibility index (Phi) is 3.05. The maximum Gasteiger partial charge on any atom is 0.159 e. The van der Waals surface area contributed by atoms with Crippen LogP contribution in [0.3, 0.4) is 0 Å². The molecule has 0 aromatic carbocycles. The zero-order chi connectivity index (χ0) is 12.2. The minimum Gasteiger partial charge on any atom is -0.343 e. The van der Waals surface area contributed by atoms with Crippen molar-refractivity contribution in [3.05, 3.63) is 24.8 Å². The maximum atomic E-state index is 4.12. The van der Waals surface area contributed by atoms with Crippen LogP contribution >= 0.6 is 11.8 Å². The molecule has 0 bridgehead atoms. The molecule has 0 amide bonds. The van der Waals surface area contributed by atoms with Crippen LogP contribution < -0.4 is 0 Å². The number of aromatic amines is 2. The number of hydrogen-bond acceptors (Lipinski definition) is 6. The first-order valence-electron chi connectivity index (χ1n) is 5.30. The average Bonchev–Trinajstić information content (AvgIpc) is 3.12. The molecular formula is C9H10N8S. The summed E-state index contributed by atoms with van der Waals surface area (Å²) < 4.78 is 1.78. The third-order valence-electron chi connectivity index (χ3n) is 2.24. The van der Waals surface area contributed by atoms with Crippen molar-refractivity contribution in [1.29, 1.82) is 0 Å². The topological polar surface area (TPSA) is 101 Å². The highest BCUT2D eigenvalue weighted by Crippen LogP contribution is 2.13. The highest BCUT2D eigenvalue weighted by molar-refractivity contribution is 7.99.